The third kappa shape index (κ3) is 3.59. The van der Waals surface area contributed by atoms with Crippen molar-refractivity contribution in [2.75, 3.05) is 6.61 Å². The van der Waals surface area contributed by atoms with Crippen molar-refractivity contribution >= 4 is 0 Å². The van der Waals surface area contributed by atoms with Gasteiger partial charge in [0.1, 0.15) is 12.2 Å². The SMILES string of the molecule is CC(C)CC(CO)Cc1ncnn1C(C)C. The van der Waals surface area contributed by atoms with E-state index in [9.17, 15) is 5.11 Å². The second-order valence-electron chi connectivity index (χ2n) is 5.10. The molecule has 1 heterocycles. The van der Waals surface area contributed by atoms with E-state index in [-0.39, 0.29) is 6.61 Å². The molecule has 0 saturated carbocycles. The number of hydrogen-bond donors (Lipinski definition) is 1. The maximum atomic E-state index is 9.35. The topological polar surface area (TPSA) is 50.9 Å². The minimum absolute atomic E-state index is 0.225. The lowest BCUT2D eigenvalue weighted by Gasteiger charge is -2.17. The van der Waals surface area contributed by atoms with Gasteiger partial charge in [0.15, 0.2) is 0 Å². The molecule has 0 radical (unpaired) electrons. The standard InChI is InChI=1S/C12H23N3O/c1-9(2)5-11(7-16)6-12-13-8-14-15(12)10(3)4/h8-11,16H,5-7H2,1-4H3. The molecule has 0 aromatic carbocycles. The van der Waals surface area contributed by atoms with Crippen LogP contribution in [0.5, 0.6) is 0 Å². The van der Waals surface area contributed by atoms with Gasteiger partial charge in [0.25, 0.3) is 0 Å². The number of nitrogens with zero attached hydrogens (tertiary/aromatic N) is 3. The Kier molecular flexibility index (Phi) is 4.93. The Balaban J connectivity index is 2.66. The van der Waals surface area contributed by atoms with E-state index in [0.717, 1.165) is 18.7 Å². The average Bonchev–Trinajstić information content (AvgIpc) is 2.64. The second-order valence-corrected chi connectivity index (χ2v) is 5.10. The fourth-order valence-corrected chi connectivity index (χ4v) is 2.00. The molecule has 1 rings (SSSR count). The number of aliphatic hydroxyl groups excluding tert-OH is 1. The lowest BCUT2D eigenvalue weighted by molar-refractivity contribution is 0.201. The molecule has 0 aliphatic carbocycles. The van der Waals surface area contributed by atoms with E-state index in [1.165, 1.54) is 0 Å². The third-order valence-electron chi connectivity index (χ3n) is 2.67. The second kappa shape index (κ2) is 5.99. The van der Waals surface area contributed by atoms with Gasteiger partial charge in [-0.3, -0.25) is 0 Å². The van der Waals surface area contributed by atoms with Gasteiger partial charge in [0.05, 0.1) is 0 Å². The van der Waals surface area contributed by atoms with Crippen LogP contribution in [0.2, 0.25) is 0 Å². The molecule has 92 valence electrons. The maximum Gasteiger partial charge on any atom is 0.138 e. The van der Waals surface area contributed by atoms with E-state index in [0.29, 0.717) is 17.9 Å². The smallest absolute Gasteiger partial charge is 0.138 e. The van der Waals surface area contributed by atoms with Crippen molar-refractivity contribution in [3.05, 3.63) is 12.2 Å². The Morgan fingerprint density at radius 3 is 2.50 bits per heavy atom. The van der Waals surface area contributed by atoms with Crippen LogP contribution in [0.1, 0.15) is 46.0 Å². The van der Waals surface area contributed by atoms with Gasteiger partial charge in [-0.15, -0.1) is 0 Å². The van der Waals surface area contributed by atoms with E-state index in [1.807, 2.05) is 4.68 Å². The normalized spacial score (nSPS) is 13.7. The highest BCUT2D eigenvalue weighted by atomic mass is 16.3. The van der Waals surface area contributed by atoms with Gasteiger partial charge < -0.3 is 5.11 Å². The Labute approximate surface area is 97.7 Å². The van der Waals surface area contributed by atoms with E-state index in [4.69, 9.17) is 0 Å². The zero-order chi connectivity index (χ0) is 12.1. The number of aromatic nitrogens is 3. The monoisotopic (exact) mass is 225 g/mol. The summed E-state index contributed by atoms with van der Waals surface area (Å²) in [5.74, 6) is 1.88. The van der Waals surface area contributed by atoms with Crippen LogP contribution in [0.25, 0.3) is 0 Å². The average molecular weight is 225 g/mol. The highest BCUT2D eigenvalue weighted by molar-refractivity contribution is 4.89. The lowest BCUT2D eigenvalue weighted by atomic mass is 9.94. The van der Waals surface area contributed by atoms with E-state index in [2.05, 4.69) is 37.8 Å². The summed E-state index contributed by atoms with van der Waals surface area (Å²) in [5.41, 5.74) is 0. The molecule has 0 saturated heterocycles. The molecule has 0 spiro atoms. The maximum absolute atomic E-state index is 9.35. The molecule has 1 unspecified atom stereocenters. The van der Waals surface area contributed by atoms with Gasteiger partial charge in [0, 0.05) is 19.1 Å². The Morgan fingerprint density at radius 2 is 2.00 bits per heavy atom. The number of aliphatic hydroxyl groups is 1. The zero-order valence-electron chi connectivity index (χ0n) is 10.7. The molecule has 0 aliphatic rings. The molecule has 0 bridgehead atoms. The molecule has 1 atom stereocenters. The first kappa shape index (κ1) is 13.2. The van der Waals surface area contributed by atoms with Crippen molar-refractivity contribution in [1.29, 1.82) is 0 Å². The molecule has 1 N–H and O–H groups in total. The summed E-state index contributed by atoms with van der Waals surface area (Å²) < 4.78 is 1.93. The summed E-state index contributed by atoms with van der Waals surface area (Å²) >= 11 is 0. The van der Waals surface area contributed by atoms with Gasteiger partial charge >= 0.3 is 0 Å². The van der Waals surface area contributed by atoms with Crippen LogP contribution in [0.15, 0.2) is 6.33 Å². The molecule has 1 aromatic heterocycles. The predicted molar refractivity (Wildman–Crippen MR) is 64.1 cm³/mol. The van der Waals surface area contributed by atoms with Crippen LogP contribution >= 0.6 is 0 Å². The van der Waals surface area contributed by atoms with Crippen molar-refractivity contribution < 1.29 is 5.11 Å². The van der Waals surface area contributed by atoms with Crippen LogP contribution in [-0.4, -0.2) is 26.5 Å². The fraction of sp³-hybridized carbons (Fsp3) is 0.833. The minimum Gasteiger partial charge on any atom is -0.396 e. The van der Waals surface area contributed by atoms with E-state index in [1.54, 1.807) is 6.33 Å². The predicted octanol–water partition coefficient (Wildman–Crippen LogP) is 2.06. The molecule has 0 amide bonds. The van der Waals surface area contributed by atoms with Gasteiger partial charge in [0.2, 0.25) is 0 Å². The molecule has 1 aromatic rings. The fourth-order valence-electron chi connectivity index (χ4n) is 2.00. The molecule has 0 fully saturated rings. The van der Waals surface area contributed by atoms with Gasteiger partial charge in [-0.25, -0.2) is 9.67 Å². The van der Waals surface area contributed by atoms with E-state index >= 15 is 0 Å². The molecule has 16 heavy (non-hydrogen) atoms. The van der Waals surface area contributed by atoms with Crippen LogP contribution in [0.3, 0.4) is 0 Å². The largest absolute Gasteiger partial charge is 0.396 e. The zero-order valence-corrected chi connectivity index (χ0v) is 10.7. The van der Waals surface area contributed by atoms with Crippen molar-refractivity contribution in [3.8, 4) is 0 Å². The van der Waals surface area contributed by atoms with Gasteiger partial charge in [-0.1, -0.05) is 13.8 Å². The highest BCUT2D eigenvalue weighted by Crippen LogP contribution is 2.17. The quantitative estimate of drug-likeness (QED) is 0.806. The molecule has 4 heteroatoms. The summed E-state index contributed by atoms with van der Waals surface area (Å²) in [7, 11) is 0. The number of hydrogen-bond acceptors (Lipinski definition) is 3. The van der Waals surface area contributed by atoms with Crippen LogP contribution in [0, 0.1) is 11.8 Å². The summed E-state index contributed by atoms with van der Waals surface area (Å²) in [6.07, 6.45) is 3.44. The highest BCUT2D eigenvalue weighted by Gasteiger charge is 2.15. The summed E-state index contributed by atoms with van der Waals surface area (Å²) in [5, 5.41) is 13.6. The van der Waals surface area contributed by atoms with Crippen molar-refractivity contribution in [2.45, 2.75) is 46.6 Å². The van der Waals surface area contributed by atoms with Crippen molar-refractivity contribution in [3.63, 3.8) is 0 Å². The third-order valence-corrected chi connectivity index (χ3v) is 2.67. The van der Waals surface area contributed by atoms with Crippen LogP contribution in [-0.2, 0) is 6.42 Å². The number of rotatable bonds is 6. The molecule has 4 nitrogen and oxygen atoms in total. The first-order valence-corrected chi connectivity index (χ1v) is 6.03. The van der Waals surface area contributed by atoms with Gasteiger partial charge in [-0.2, -0.15) is 5.10 Å². The Bertz CT molecular complexity index is 307. The van der Waals surface area contributed by atoms with Crippen LogP contribution < -0.4 is 0 Å². The molecule has 0 aliphatic heterocycles. The first-order chi connectivity index (χ1) is 7.54. The summed E-state index contributed by atoms with van der Waals surface area (Å²) in [4.78, 5) is 4.27. The van der Waals surface area contributed by atoms with Crippen molar-refractivity contribution in [2.24, 2.45) is 11.8 Å². The molecular formula is C12H23N3O. The van der Waals surface area contributed by atoms with Crippen LogP contribution in [0.4, 0.5) is 0 Å². The van der Waals surface area contributed by atoms with Gasteiger partial charge in [-0.05, 0) is 32.1 Å². The van der Waals surface area contributed by atoms with Crippen molar-refractivity contribution in [1.82, 2.24) is 14.8 Å². The Morgan fingerprint density at radius 1 is 1.31 bits per heavy atom. The lowest BCUT2D eigenvalue weighted by Crippen LogP contribution is -2.17. The minimum atomic E-state index is 0.225. The summed E-state index contributed by atoms with van der Waals surface area (Å²) in [6, 6.07) is 0.330. The molecular weight excluding hydrogens is 202 g/mol. The summed E-state index contributed by atoms with van der Waals surface area (Å²) in [6.45, 7) is 8.76. The first-order valence-electron chi connectivity index (χ1n) is 6.03. The van der Waals surface area contributed by atoms with E-state index < -0.39 is 0 Å². The Hall–Kier alpha value is -0.900.